The fourth-order valence-corrected chi connectivity index (χ4v) is 3.01. The summed E-state index contributed by atoms with van der Waals surface area (Å²) in [5.41, 5.74) is 0.932. The Bertz CT molecular complexity index is 806. The van der Waals surface area contributed by atoms with Gasteiger partial charge >= 0.3 is 0 Å². The Morgan fingerprint density at radius 3 is 2.29 bits per heavy atom. The van der Waals surface area contributed by atoms with E-state index in [-0.39, 0.29) is 30.8 Å². The molecule has 148 valence electrons. The number of hydrogen-bond acceptors (Lipinski definition) is 4. The number of nitrogens with one attached hydrogen (secondary N) is 1. The third-order valence-electron chi connectivity index (χ3n) is 4.44. The van der Waals surface area contributed by atoms with Crippen molar-refractivity contribution in [3.05, 3.63) is 59.4 Å². The van der Waals surface area contributed by atoms with E-state index in [1.807, 2.05) is 0 Å². The molecule has 0 unspecified atom stereocenters. The van der Waals surface area contributed by atoms with E-state index >= 15 is 0 Å². The van der Waals surface area contributed by atoms with Crippen LogP contribution in [0.25, 0.3) is 0 Å². The van der Waals surface area contributed by atoms with Gasteiger partial charge in [0.1, 0.15) is 11.6 Å². The first-order valence-corrected chi connectivity index (χ1v) is 9.32. The number of hydrogen-bond donors (Lipinski definition) is 1. The molecule has 0 aromatic heterocycles. The van der Waals surface area contributed by atoms with Crippen molar-refractivity contribution in [2.24, 2.45) is 0 Å². The van der Waals surface area contributed by atoms with Gasteiger partial charge in [-0.05, 0) is 48.5 Å². The topological polar surface area (TPSA) is 61.9 Å². The molecule has 0 spiro atoms. The van der Waals surface area contributed by atoms with Crippen LogP contribution < -0.4 is 15.0 Å². The van der Waals surface area contributed by atoms with Crippen molar-refractivity contribution in [1.82, 2.24) is 10.2 Å². The largest absolute Gasteiger partial charge is 0.484 e. The monoisotopic (exact) mass is 405 g/mol. The van der Waals surface area contributed by atoms with Gasteiger partial charge in [0, 0.05) is 36.9 Å². The zero-order chi connectivity index (χ0) is 19.9. The third-order valence-corrected chi connectivity index (χ3v) is 4.70. The molecule has 1 N–H and O–H groups in total. The average Bonchev–Trinajstić information content (AvgIpc) is 2.72. The number of carbonyl (C=O) groups excluding carboxylic acids is 2. The number of nitrogens with zero attached hydrogens (tertiary/aromatic N) is 2. The van der Waals surface area contributed by atoms with Crippen LogP contribution >= 0.6 is 11.6 Å². The maximum absolute atomic E-state index is 13.0. The third kappa shape index (κ3) is 5.60. The van der Waals surface area contributed by atoms with Gasteiger partial charge in [-0.25, -0.2) is 4.39 Å². The van der Waals surface area contributed by atoms with E-state index in [4.69, 9.17) is 16.3 Å². The Morgan fingerprint density at radius 1 is 1.00 bits per heavy atom. The molecule has 1 saturated heterocycles. The van der Waals surface area contributed by atoms with E-state index in [0.29, 0.717) is 37.0 Å². The molecular weight excluding hydrogens is 385 g/mol. The highest BCUT2D eigenvalue weighted by molar-refractivity contribution is 6.30. The molecular formula is C20H21ClFN3O3. The van der Waals surface area contributed by atoms with Crippen molar-refractivity contribution in [1.29, 1.82) is 0 Å². The molecule has 1 aliphatic rings. The number of amides is 2. The lowest BCUT2D eigenvalue weighted by atomic mass is 10.2. The zero-order valence-electron chi connectivity index (χ0n) is 15.2. The SMILES string of the molecule is O=C(COc1ccc(Cl)cc1)NCC(=O)N1CCN(c2ccc(F)cc2)CC1. The molecule has 1 aliphatic heterocycles. The van der Waals surface area contributed by atoms with E-state index in [0.717, 1.165) is 5.69 Å². The minimum Gasteiger partial charge on any atom is -0.484 e. The summed E-state index contributed by atoms with van der Waals surface area (Å²) in [4.78, 5) is 28.0. The second-order valence-electron chi connectivity index (χ2n) is 6.36. The summed E-state index contributed by atoms with van der Waals surface area (Å²) in [6, 6.07) is 13.0. The Hall–Kier alpha value is -2.80. The van der Waals surface area contributed by atoms with Crippen LogP contribution in [0.3, 0.4) is 0 Å². The number of carbonyl (C=O) groups is 2. The van der Waals surface area contributed by atoms with E-state index in [2.05, 4.69) is 10.2 Å². The Balaban J connectivity index is 1.37. The highest BCUT2D eigenvalue weighted by atomic mass is 35.5. The summed E-state index contributed by atoms with van der Waals surface area (Å²) in [7, 11) is 0. The summed E-state index contributed by atoms with van der Waals surface area (Å²) in [6.07, 6.45) is 0. The summed E-state index contributed by atoms with van der Waals surface area (Å²) in [5.74, 6) is -0.247. The minimum atomic E-state index is -0.367. The number of rotatable bonds is 6. The van der Waals surface area contributed by atoms with Crippen molar-refractivity contribution in [3.8, 4) is 5.75 Å². The molecule has 8 heteroatoms. The molecule has 6 nitrogen and oxygen atoms in total. The van der Waals surface area contributed by atoms with Crippen LogP contribution in [0.2, 0.25) is 5.02 Å². The number of piperazine rings is 1. The van der Waals surface area contributed by atoms with Crippen molar-refractivity contribution in [2.45, 2.75) is 0 Å². The molecule has 2 amide bonds. The lowest BCUT2D eigenvalue weighted by Crippen LogP contribution is -2.51. The van der Waals surface area contributed by atoms with Gasteiger partial charge in [0.25, 0.3) is 5.91 Å². The van der Waals surface area contributed by atoms with Crippen molar-refractivity contribution < 1.29 is 18.7 Å². The van der Waals surface area contributed by atoms with Crippen LogP contribution in [0.1, 0.15) is 0 Å². The summed E-state index contributed by atoms with van der Waals surface area (Å²) >= 11 is 5.79. The van der Waals surface area contributed by atoms with E-state index in [9.17, 15) is 14.0 Å². The van der Waals surface area contributed by atoms with Gasteiger partial charge in [-0.3, -0.25) is 9.59 Å². The molecule has 0 atom stereocenters. The second-order valence-corrected chi connectivity index (χ2v) is 6.80. The highest BCUT2D eigenvalue weighted by Crippen LogP contribution is 2.17. The number of ether oxygens (including phenoxy) is 1. The van der Waals surface area contributed by atoms with Crippen molar-refractivity contribution in [2.75, 3.05) is 44.2 Å². The molecule has 2 aromatic carbocycles. The first-order valence-electron chi connectivity index (χ1n) is 8.94. The van der Waals surface area contributed by atoms with Crippen LogP contribution in [0.15, 0.2) is 48.5 Å². The lowest BCUT2D eigenvalue weighted by Gasteiger charge is -2.36. The van der Waals surface area contributed by atoms with Gasteiger partial charge in [-0.2, -0.15) is 0 Å². The molecule has 0 saturated carbocycles. The van der Waals surface area contributed by atoms with Crippen LogP contribution in [-0.4, -0.2) is 56.0 Å². The molecule has 2 aromatic rings. The van der Waals surface area contributed by atoms with Gasteiger partial charge < -0.3 is 19.9 Å². The fourth-order valence-electron chi connectivity index (χ4n) is 2.88. The smallest absolute Gasteiger partial charge is 0.258 e. The zero-order valence-corrected chi connectivity index (χ0v) is 16.0. The average molecular weight is 406 g/mol. The van der Waals surface area contributed by atoms with Gasteiger partial charge in [0.15, 0.2) is 6.61 Å². The molecule has 28 heavy (non-hydrogen) atoms. The molecule has 3 rings (SSSR count). The van der Waals surface area contributed by atoms with E-state index in [1.165, 1.54) is 12.1 Å². The molecule has 0 bridgehead atoms. The Morgan fingerprint density at radius 2 is 1.64 bits per heavy atom. The van der Waals surface area contributed by atoms with Crippen molar-refractivity contribution >= 4 is 29.1 Å². The van der Waals surface area contributed by atoms with Gasteiger partial charge in [-0.15, -0.1) is 0 Å². The Kier molecular flexibility index (Phi) is 6.71. The van der Waals surface area contributed by atoms with Crippen LogP contribution in [-0.2, 0) is 9.59 Å². The standard InChI is InChI=1S/C20H21ClFN3O3/c21-15-1-7-18(8-2-15)28-14-19(26)23-13-20(27)25-11-9-24(10-12-25)17-5-3-16(22)4-6-17/h1-8H,9-14H2,(H,23,26). The van der Waals surface area contributed by atoms with Crippen LogP contribution in [0, 0.1) is 5.82 Å². The maximum Gasteiger partial charge on any atom is 0.258 e. The van der Waals surface area contributed by atoms with Crippen LogP contribution in [0.4, 0.5) is 10.1 Å². The van der Waals surface area contributed by atoms with Gasteiger partial charge in [0.05, 0.1) is 6.54 Å². The van der Waals surface area contributed by atoms with E-state index in [1.54, 1.807) is 41.3 Å². The maximum atomic E-state index is 13.0. The van der Waals surface area contributed by atoms with Crippen LogP contribution in [0.5, 0.6) is 5.75 Å². The van der Waals surface area contributed by atoms with Gasteiger partial charge in [0.2, 0.25) is 5.91 Å². The first-order chi connectivity index (χ1) is 13.5. The normalized spacial score (nSPS) is 13.9. The predicted molar refractivity (Wildman–Crippen MR) is 105 cm³/mol. The molecule has 0 aliphatic carbocycles. The van der Waals surface area contributed by atoms with Gasteiger partial charge in [-0.1, -0.05) is 11.6 Å². The van der Waals surface area contributed by atoms with Crippen molar-refractivity contribution in [3.63, 3.8) is 0 Å². The number of halogens is 2. The fraction of sp³-hybridized carbons (Fsp3) is 0.300. The number of anilines is 1. The summed E-state index contributed by atoms with van der Waals surface area (Å²) < 4.78 is 18.4. The highest BCUT2D eigenvalue weighted by Gasteiger charge is 2.21. The quantitative estimate of drug-likeness (QED) is 0.801. The van der Waals surface area contributed by atoms with E-state index < -0.39 is 0 Å². The molecule has 1 fully saturated rings. The summed E-state index contributed by atoms with van der Waals surface area (Å²) in [5, 5.41) is 3.16. The summed E-state index contributed by atoms with van der Waals surface area (Å²) in [6.45, 7) is 2.17. The predicted octanol–water partition coefficient (Wildman–Crippen LogP) is 2.32. The number of benzene rings is 2. The Labute approximate surface area is 167 Å². The first kappa shape index (κ1) is 19.9. The lowest BCUT2D eigenvalue weighted by molar-refractivity contribution is -0.133. The molecule has 0 radical (unpaired) electrons. The minimum absolute atomic E-state index is 0.0701. The second kappa shape index (κ2) is 9.41. The molecule has 1 heterocycles.